The van der Waals surface area contributed by atoms with Crippen molar-refractivity contribution in [1.29, 1.82) is 0 Å². The molecule has 3 nitrogen and oxygen atoms in total. The lowest BCUT2D eigenvalue weighted by atomic mass is 9.88. The molecule has 0 aliphatic rings. The lowest BCUT2D eigenvalue weighted by molar-refractivity contribution is -0.147. The summed E-state index contributed by atoms with van der Waals surface area (Å²) in [5.74, 6) is 0.0500. The Morgan fingerprint density at radius 3 is 2.55 bits per heavy atom. The number of thioether (sulfide) groups is 1. The van der Waals surface area contributed by atoms with E-state index in [9.17, 15) is 4.79 Å². The van der Waals surface area contributed by atoms with E-state index in [4.69, 9.17) is 10.8 Å². The van der Waals surface area contributed by atoms with E-state index in [-0.39, 0.29) is 6.54 Å². The number of hydrogen-bond acceptors (Lipinski definition) is 3. The van der Waals surface area contributed by atoms with Gasteiger partial charge in [-0.15, -0.1) is 0 Å². The largest absolute Gasteiger partial charge is 0.481 e. The molecule has 0 saturated heterocycles. The second-order valence-corrected chi connectivity index (χ2v) is 3.80. The summed E-state index contributed by atoms with van der Waals surface area (Å²) in [6.45, 7) is 1.90. The number of nitrogens with two attached hydrogens (primary N) is 1. The van der Waals surface area contributed by atoms with E-state index in [1.165, 1.54) is 0 Å². The maximum absolute atomic E-state index is 10.7. The van der Waals surface area contributed by atoms with Crippen molar-refractivity contribution >= 4 is 17.7 Å². The van der Waals surface area contributed by atoms with Gasteiger partial charge in [-0.25, -0.2) is 0 Å². The fourth-order valence-corrected chi connectivity index (χ4v) is 1.28. The summed E-state index contributed by atoms with van der Waals surface area (Å²) in [7, 11) is 0. The highest BCUT2D eigenvalue weighted by Gasteiger charge is 2.30. The molecular weight excluding hydrogens is 162 g/mol. The maximum Gasteiger partial charge on any atom is 0.310 e. The van der Waals surface area contributed by atoms with Crippen molar-refractivity contribution in [2.24, 2.45) is 11.1 Å². The van der Waals surface area contributed by atoms with Crippen molar-refractivity contribution in [3.63, 3.8) is 0 Å². The van der Waals surface area contributed by atoms with Crippen molar-refractivity contribution in [1.82, 2.24) is 0 Å². The predicted octanol–water partition coefficient (Wildman–Crippen LogP) is 0.789. The van der Waals surface area contributed by atoms with Crippen LogP contribution in [0.1, 0.15) is 13.3 Å². The standard InChI is InChI=1S/C7H15NO2S/c1-7(5-8,6(9)10)3-4-11-2/h3-5,8H2,1-2H3,(H,9,10). The normalized spacial score (nSPS) is 15.9. The second kappa shape index (κ2) is 4.62. The van der Waals surface area contributed by atoms with Crippen LogP contribution >= 0.6 is 11.8 Å². The summed E-state index contributed by atoms with van der Waals surface area (Å²) in [6.07, 6.45) is 2.60. The number of carboxylic acids is 1. The van der Waals surface area contributed by atoms with Crippen molar-refractivity contribution in [3.05, 3.63) is 0 Å². The molecular formula is C7H15NO2S. The van der Waals surface area contributed by atoms with Gasteiger partial charge in [-0.1, -0.05) is 0 Å². The van der Waals surface area contributed by atoms with Crippen LogP contribution in [0.5, 0.6) is 0 Å². The predicted molar refractivity (Wildman–Crippen MR) is 47.8 cm³/mol. The van der Waals surface area contributed by atoms with Gasteiger partial charge in [0.1, 0.15) is 0 Å². The Morgan fingerprint density at radius 1 is 1.73 bits per heavy atom. The van der Waals surface area contributed by atoms with Crippen LogP contribution in [0.3, 0.4) is 0 Å². The van der Waals surface area contributed by atoms with Gasteiger partial charge >= 0.3 is 5.97 Å². The number of rotatable bonds is 5. The molecule has 1 atom stereocenters. The van der Waals surface area contributed by atoms with Crippen LogP contribution in [0.4, 0.5) is 0 Å². The van der Waals surface area contributed by atoms with E-state index >= 15 is 0 Å². The van der Waals surface area contributed by atoms with Gasteiger partial charge in [0.15, 0.2) is 0 Å². The van der Waals surface area contributed by atoms with E-state index in [1.807, 2.05) is 6.26 Å². The first-order valence-corrected chi connectivity index (χ1v) is 4.88. The molecule has 0 spiro atoms. The lowest BCUT2D eigenvalue weighted by Gasteiger charge is -2.21. The van der Waals surface area contributed by atoms with Gasteiger partial charge in [0.2, 0.25) is 0 Å². The van der Waals surface area contributed by atoms with Gasteiger partial charge in [0.25, 0.3) is 0 Å². The first-order chi connectivity index (χ1) is 5.06. The molecule has 0 aliphatic heterocycles. The van der Waals surface area contributed by atoms with E-state index in [0.29, 0.717) is 6.42 Å². The highest BCUT2D eigenvalue weighted by molar-refractivity contribution is 7.98. The molecule has 0 amide bonds. The van der Waals surface area contributed by atoms with E-state index in [1.54, 1.807) is 18.7 Å². The third-order valence-corrected chi connectivity index (χ3v) is 2.44. The zero-order chi connectivity index (χ0) is 8.91. The molecule has 0 bridgehead atoms. The Balaban J connectivity index is 3.99. The average molecular weight is 177 g/mol. The van der Waals surface area contributed by atoms with Crippen LogP contribution in [0.2, 0.25) is 0 Å². The molecule has 0 aromatic carbocycles. The van der Waals surface area contributed by atoms with Crippen molar-refractivity contribution in [2.75, 3.05) is 18.6 Å². The minimum Gasteiger partial charge on any atom is -0.481 e. The van der Waals surface area contributed by atoms with Gasteiger partial charge in [0.05, 0.1) is 5.41 Å². The second-order valence-electron chi connectivity index (χ2n) is 2.81. The minimum absolute atomic E-state index is 0.211. The van der Waals surface area contributed by atoms with Crippen molar-refractivity contribution < 1.29 is 9.90 Å². The Labute approximate surface area is 71.3 Å². The summed E-state index contributed by atoms with van der Waals surface area (Å²) in [5, 5.41) is 8.77. The quantitative estimate of drug-likeness (QED) is 0.651. The number of carboxylic acid groups (broad SMARTS) is 1. The van der Waals surface area contributed by atoms with E-state index in [0.717, 1.165) is 5.75 Å². The molecule has 4 heteroatoms. The summed E-state index contributed by atoms with van der Waals surface area (Å²) in [4.78, 5) is 10.7. The zero-order valence-electron chi connectivity index (χ0n) is 6.96. The van der Waals surface area contributed by atoms with E-state index in [2.05, 4.69) is 0 Å². The van der Waals surface area contributed by atoms with Gasteiger partial charge in [-0.3, -0.25) is 4.79 Å². The molecule has 0 rings (SSSR count). The summed E-state index contributed by atoms with van der Waals surface area (Å²) in [5.41, 5.74) is 4.63. The van der Waals surface area contributed by atoms with Crippen LogP contribution in [-0.4, -0.2) is 29.6 Å². The first kappa shape index (κ1) is 10.8. The minimum atomic E-state index is -0.797. The van der Waals surface area contributed by atoms with Crippen LogP contribution < -0.4 is 5.73 Å². The van der Waals surface area contributed by atoms with Crippen LogP contribution in [-0.2, 0) is 4.79 Å². The molecule has 0 fully saturated rings. The van der Waals surface area contributed by atoms with Crippen LogP contribution in [0.15, 0.2) is 0 Å². The Bertz CT molecular complexity index is 140. The highest BCUT2D eigenvalue weighted by Crippen LogP contribution is 2.21. The van der Waals surface area contributed by atoms with E-state index < -0.39 is 11.4 Å². The third-order valence-electron chi connectivity index (χ3n) is 1.82. The smallest absolute Gasteiger partial charge is 0.310 e. The molecule has 0 saturated carbocycles. The molecule has 3 N–H and O–H groups in total. The van der Waals surface area contributed by atoms with Crippen molar-refractivity contribution in [3.8, 4) is 0 Å². The van der Waals surface area contributed by atoms with Gasteiger partial charge < -0.3 is 10.8 Å². The molecule has 0 radical (unpaired) electrons. The fourth-order valence-electron chi connectivity index (χ4n) is 0.624. The molecule has 0 aliphatic carbocycles. The van der Waals surface area contributed by atoms with Gasteiger partial charge in [0, 0.05) is 6.54 Å². The number of carbonyl (C=O) groups is 1. The average Bonchev–Trinajstić information content (AvgIpc) is 2.00. The van der Waals surface area contributed by atoms with Crippen LogP contribution in [0, 0.1) is 5.41 Å². The zero-order valence-corrected chi connectivity index (χ0v) is 7.78. The molecule has 0 heterocycles. The summed E-state index contributed by atoms with van der Waals surface area (Å²) < 4.78 is 0. The Kier molecular flexibility index (Phi) is 4.52. The van der Waals surface area contributed by atoms with Gasteiger partial charge in [-0.05, 0) is 25.4 Å². The SMILES string of the molecule is CSCCC(C)(CN)C(=O)O. The number of hydrogen-bond donors (Lipinski definition) is 2. The molecule has 1 unspecified atom stereocenters. The summed E-state index contributed by atoms with van der Waals surface area (Å²) in [6, 6.07) is 0. The van der Waals surface area contributed by atoms with Gasteiger partial charge in [-0.2, -0.15) is 11.8 Å². The lowest BCUT2D eigenvalue weighted by Crippen LogP contribution is -2.36. The Hall–Kier alpha value is -0.220. The molecule has 11 heavy (non-hydrogen) atoms. The molecule has 0 aromatic heterocycles. The van der Waals surface area contributed by atoms with Crippen molar-refractivity contribution in [2.45, 2.75) is 13.3 Å². The molecule has 0 aromatic rings. The monoisotopic (exact) mass is 177 g/mol. The first-order valence-electron chi connectivity index (χ1n) is 3.49. The third kappa shape index (κ3) is 3.12. The molecule has 66 valence electrons. The number of aliphatic carboxylic acids is 1. The fraction of sp³-hybridized carbons (Fsp3) is 0.857. The topological polar surface area (TPSA) is 63.3 Å². The highest BCUT2D eigenvalue weighted by atomic mass is 32.2. The maximum atomic E-state index is 10.7. The van der Waals surface area contributed by atoms with Crippen LogP contribution in [0.25, 0.3) is 0 Å². The summed E-state index contributed by atoms with van der Waals surface area (Å²) >= 11 is 1.64. The Morgan fingerprint density at radius 2 is 2.27 bits per heavy atom.